The first-order valence-corrected chi connectivity index (χ1v) is 10.9. The van der Waals surface area contributed by atoms with Gasteiger partial charge in [-0.2, -0.15) is 0 Å². The smallest absolute Gasteiger partial charge is 0.0758 e. The molecule has 2 atom stereocenters. The van der Waals surface area contributed by atoms with E-state index in [1.54, 1.807) is 0 Å². The fourth-order valence-electron chi connectivity index (χ4n) is 3.88. The van der Waals surface area contributed by atoms with Gasteiger partial charge in [0.2, 0.25) is 0 Å². The molecule has 146 valence electrons. The highest BCUT2D eigenvalue weighted by Gasteiger charge is 2.25. The summed E-state index contributed by atoms with van der Waals surface area (Å²) in [5.74, 6) is 1.65. The SMILES string of the molecule is CC/C=C\CC(O)/C=C/C=C/C=C/C(CCN1CCCCC1)C1CCC1. The lowest BCUT2D eigenvalue weighted by atomic mass is 9.74. The molecule has 1 heterocycles. The van der Waals surface area contributed by atoms with E-state index in [4.69, 9.17) is 0 Å². The minimum absolute atomic E-state index is 0.376. The molecule has 1 saturated heterocycles. The molecule has 1 saturated carbocycles. The minimum Gasteiger partial charge on any atom is -0.389 e. The molecule has 0 aromatic rings. The second kappa shape index (κ2) is 13.1. The van der Waals surface area contributed by atoms with Crippen LogP contribution >= 0.6 is 0 Å². The highest BCUT2D eigenvalue weighted by molar-refractivity contribution is 5.13. The quantitative estimate of drug-likeness (QED) is 0.381. The summed E-state index contributed by atoms with van der Waals surface area (Å²) in [5.41, 5.74) is 0. The highest BCUT2D eigenvalue weighted by Crippen LogP contribution is 2.36. The molecule has 0 amide bonds. The number of likely N-dealkylation sites (tertiary alicyclic amines) is 1. The second-order valence-electron chi connectivity index (χ2n) is 7.88. The van der Waals surface area contributed by atoms with Crippen LogP contribution in [0.2, 0.25) is 0 Å². The first kappa shape index (κ1) is 21.2. The summed E-state index contributed by atoms with van der Waals surface area (Å²) < 4.78 is 0. The lowest BCUT2D eigenvalue weighted by Crippen LogP contribution is -2.33. The Kier molecular flexibility index (Phi) is 10.7. The summed E-state index contributed by atoms with van der Waals surface area (Å²) in [6.07, 6.45) is 27.9. The van der Waals surface area contributed by atoms with Crippen LogP contribution in [0.25, 0.3) is 0 Å². The van der Waals surface area contributed by atoms with E-state index in [9.17, 15) is 5.11 Å². The van der Waals surface area contributed by atoms with Crippen LogP contribution < -0.4 is 0 Å². The zero-order valence-electron chi connectivity index (χ0n) is 16.7. The average molecular weight is 358 g/mol. The standard InChI is InChI=1S/C24H39NO/c1-2-3-7-16-24(26)17-9-5-4-8-13-23(22-14-12-15-22)18-21-25-19-10-6-11-20-25/h3-5,7-9,13,17,22-24,26H,2,6,10-12,14-16,18-21H2,1H3/b5-4+,7-3-,13-8+,17-9+. The Morgan fingerprint density at radius 1 is 0.923 bits per heavy atom. The third-order valence-corrected chi connectivity index (χ3v) is 5.79. The van der Waals surface area contributed by atoms with E-state index in [0.717, 1.165) is 18.3 Å². The van der Waals surface area contributed by atoms with Crippen molar-refractivity contribution in [3.8, 4) is 0 Å². The van der Waals surface area contributed by atoms with Crippen molar-refractivity contribution in [2.45, 2.75) is 70.8 Å². The van der Waals surface area contributed by atoms with Gasteiger partial charge in [0.15, 0.2) is 0 Å². The van der Waals surface area contributed by atoms with Crippen LogP contribution in [0.1, 0.15) is 64.7 Å². The van der Waals surface area contributed by atoms with Gasteiger partial charge in [0.25, 0.3) is 0 Å². The van der Waals surface area contributed by atoms with Crippen LogP contribution in [0.5, 0.6) is 0 Å². The minimum atomic E-state index is -0.376. The Balaban J connectivity index is 1.71. The van der Waals surface area contributed by atoms with Crippen molar-refractivity contribution in [1.29, 1.82) is 0 Å². The van der Waals surface area contributed by atoms with Gasteiger partial charge in [-0.15, -0.1) is 0 Å². The fraction of sp³-hybridized carbons (Fsp3) is 0.667. The van der Waals surface area contributed by atoms with Crippen molar-refractivity contribution >= 4 is 0 Å². The van der Waals surface area contributed by atoms with Gasteiger partial charge in [-0.05, 0) is 76.4 Å². The van der Waals surface area contributed by atoms with Crippen molar-refractivity contribution in [3.05, 3.63) is 48.6 Å². The zero-order chi connectivity index (χ0) is 18.5. The van der Waals surface area contributed by atoms with Crippen LogP contribution in [0, 0.1) is 11.8 Å². The summed E-state index contributed by atoms with van der Waals surface area (Å²) >= 11 is 0. The normalized spacial score (nSPS) is 22.7. The van der Waals surface area contributed by atoms with Gasteiger partial charge >= 0.3 is 0 Å². The average Bonchev–Trinajstić information content (AvgIpc) is 2.61. The molecule has 0 aromatic carbocycles. The molecular weight excluding hydrogens is 318 g/mol. The Hall–Kier alpha value is -1.12. The highest BCUT2D eigenvalue weighted by atomic mass is 16.3. The van der Waals surface area contributed by atoms with E-state index >= 15 is 0 Å². The van der Waals surface area contributed by atoms with E-state index < -0.39 is 0 Å². The molecule has 0 bridgehead atoms. The van der Waals surface area contributed by atoms with E-state index in [-0.39, 0.29) is 6.10 Å². The van der Waals surface area contributed by atoms with Gasteiger partial charge in [0, 0.05) is 0 Å². The summed E-state index contributed by atoms with van der Waals surface area (Å²) in [4.78, 5) is 2.66. The molecular formula is C24H39NO. The molecule has 2 aliphatic rings. The molecule has 1 N–H and O–H groups in total. The van der Waals surface area contributed by atoms with Crippen LogP contribution in [-0.4, -0.2) is 35.7 Å². The maximum Gasteiger partial charge on any atom is 0.0758 e. The summed E-state index contributed by atoms with van der Waals surface area (Å²) in [7, 11) is 0. The summed E-state index contributed by atoms with van der Waals surface area (Å²) in [6.45, 7) is 5.99. The van der Waals surface area contributed by atoms with Gasteiger partial charge in [-0.1, -0.05) is 68.4 Å². The van der Waals surface area contributed by atoms with Gasteiger partial charge in [-0.25, -0.2) is 0 Å². The largest absolute Gasteiger partial charge is 0.389 e. The number of rotatable bonds is 11. The maximum atomic E-state index is 9.83. The van der Waals surface area contributed by atoms with Crippen LogP contribution in [0.15, 0.2) is 48.6 Å². The van der Waals surface area contributed by atoms with Crippen LogP contribution in [0.4, 0.5) is 0 Å². The van der Waals surface area contributed by atoms with Crippen LogP contribution in [0.3, 0.4) is 0 Å². The maximum absolute atomic E-state index is 9.83. The van der Waals surface area contributed by atoms with Gasteiger partial charge in [0.1, 0.15) is 0 Å². The number of aliphatic hydroxyl groups is 1. The summed E-state index contributed by atoms with van der Waals surface area (Å²) in [6, 6.07) is 0. The topological polar surface area (TPSA) is 23.5 Å². The van der Waals surface area contributed by atoms with E-state index in [1.165, 1.54) is 64.6 Å². The molecule has 2 fully saturated rings. The number of allylic oxidation sites excluding steroid dienone is 6. The zero-order valence-corrected chi connectivity index (χ0v) is 16.7. The molecule has 2 unspecified atom stereocenters. The monoisotopic (exact) mass is 357 g/mol. The Morgan fingerprint density at radius 2 is 1.65 bits per heavy atom. The lowest BCUT2D eigenvalue weighted by Gasteiger charge is -2.34. The Bertz CT molecular complexity index is 467. The molecule has 2 nitrogen and oxygen atoms in total. The Morgan fingerprint density at radius 3 is 2.31 bits per heavy atom. The first-order valence-electron chi connectivity index (χ1n) is 10.9. The van der Waals surface area contributed by atoms with Gasteiger partial charge in [0.05, 0.1) is 6.10 Å². The molecule has 26 heavy (non-hydrogen) atoms. The number of piperidine rings is 1. The summed E-state index contributed by atoms with van der Waals surface area (Å²) in [5, 5.41) is 9.83. The molecule has 0 radical (unpaired) electrons. The molecule has 0 spiro atoms. The molecule has 1 aliphatic heterocycles. The van der Waals surface area contributed by atoms with Crippen molar-refractivity contribution in [1.82, 2.24) is 4.90 Å². The molecule has 0 aromatic heterocycles. The predicted molar refractivity (Wildman–Crippen MR) is 113 cm³/mol. The van der Waals surface area contributed by atoms with Crippen LogP contribution in [-0.2, 0) is 0 Å². The molecule has 1 aliphatic carbocycles. The number of hydrogen-bond donors (Lipinski definition) is 1. The molecule has 2 rings (SSSR count). The molecule has 2 heteroatoms. The predicted octanol–water partition coefficient (Wildman–Crippen LogP) is 5.66. The lowest BCUT2D eigenvalue weighted by molar-refractivity contribution is 0.180. The first-order chi connectivity index (χ1) is 12.8. The van der Waals surface area contributed by atoms with E-state index in [0.29, 0.717) is 6.42 Å². The number of hydrogen-bond acceptors (Lipinski definition) is 2. The van der Waals surface area contributed by atoms with E-state index in [2.05, 4.69) is 36.1 Å². The van der Waals surface area contributed by atoms with Crippen molar-refractivity contribution in [2.75, 3.05) is 19.6 Å². The third kappa shape index (κ3) is 8.51. The fourth-order valence-corrected chi connectivity index (χ4v) is 3.88. The van der Waals surface area contributed by atoms with Crippen molar-refractivity contribution in [3.63, 3.8) is 0 Å². The number of nitrogens with zero attached hydrogens (tertiary/aromatic N) is 1. The second-order valence-corrected chi connectivity index (χ2v) is 7.88. The van der Waals surface area contributed by atoms with Gasteiger partial charge < -0.3 is 10.0 Å². The van der Waals surface area contributed by atoms with Crippen molar-refractivity contribution < 1.29 is 5.11 Å². The Labute approximate surface area is 161 Å². The van der Waals surface area contributed by atoms with Crippen molar-refractivity contribution in [2.24, 2.45) is 11.8 Å². The van der Waals surface area contributed by atoms with Gasteiger partial charge in [-0.3, -0.25) is 0 Å². The van der Waals surface area contributed by atoms with E-state index in [1.807, 2.05) is 24.3 Å². The number of aliphatic hydroxyl groups excluding tert-OH is 1. The third-order valence-electron chi connectivity index (χ3n) is 5.79.